The lowest BCUT2D eigenvalue weighted by molar-refractivity contribution is 0.101. The van der Waals surface area contributed by atoms with Crippen molar-refractivity contribution in [2.24, 2.45) is 0 Å². The van der Waals surface area contributed by atoms with Crippen molar-refractivity contribution < 1.29 is 4.79 Å². The van der Waals surface area contributed by atoms with Crippen molar-refractivity contribution in [1.82, 2.24) is 14.8 Å². The standard InChI is InChI=1S/C11H11N3O/c1-8-5-6-14(13-8)10-3-4-11(9(2)15)12-7-10/h3-7H,1-2H3. The number of Topliss-reactive ketones (excluding diaryl/α,β-unsaturated/α-hetero) is 1. The van der Waals surface area contributed by atoms with Crippen LogP contribution in [0.15, 0.2) is 30.6 Å². The molecule has 2 aromatic rings. The van der Waals surface area contributed by atoms with Gasteiger partial charge >= 0.3 is 0 Å². The highest BCUT2D eigenvalue weighted by Gasteiger charge is 2.02. The molecule has 2 heterocycles. The molecular weight excluding hydrogens is 190 g/mol. The first-order valence-electron chi connectivity index (χ1n) is 4.66. The molecule has 0 atom stereocenters. The van der Waals surface area contributed by atoms with E-state index in [0.717, 1.165) is 11.4 Å². The second kappa shape index (κ2) is 3.65. The monoisotopic (exact) mass is 201 g/mol. The van der Waals surface area contributed by atoms with Gasteiger partial charge in [0, 0.05) is 13.1 Å². The third-order valence-electron chi connectivity index (χ3n) is 2.10. The van der Waals surface area contributed by atoms with Crippen LogP contribution in [0.5, 0.6) is 0 Å². The summed E-state index contributed by atoms with van der Waals surface area (Å²) < 4.78 is 1.73. The van der Waals surface area contributed by atoms with Gasteiger partial charge in [0.1, 0.15) is 5.69 Å². The zero-order valence-electron chi connectivity index (χ0n) is 8.64. The smallest absolute Gasteiger partial charge is 0.178 e. The van der Waals surface area contributed by atoms with Gasteiger partial charge in [-0.25, -0.2) is 4.68 Å². The highest BCUT2D eigenvalue weighted by molar-refractivity contribution is 5.92. The van der Waals surface area contributed by atoms with Crippen LogP contribution < -0.4 is 0 Å². The van der Waals surface area contributed by atoms with Crippen LogP contribution in [-0.4, -0.2) is 20.5 Å². The lowest BCUT2D eigenvalue weighted by atomic mass is 10.2. The quantitative estimate of drug-likeness (QED) is 0.696. The molecule has 4 nitrogen and oxygen atoms in total. The molecule has 0 saturated heterocycles. The average molecular weight is 201 g/mol. The highest BCUT2D eigenvalue weighted by Crippen LogP contribution is 2.07. The van der Waals surface area contributed by atoms with Gasteiger partial charge in [-0.05, 0) is 25.1 Å². The molecule has 76 valence electrons. The second-order valence-electron chi connectivity index (χ2n) is 3.36. The van der Waals surface area contributed by atoms with Crippen LogP contribution >= 0.6 is 0 Å². The van der Waals surface area contributed by atoms with Gasteiger partial charge in [0.2, 0.25) is 0 Å². The first-order valence-corrected chi connectivity index (χ1v) is 4.66. The summed E-state index contributed by atoms with van der Waals surface area (Å²) >= 11 is 0. The molecular formula is C11H11N3O. The Morgan fingerprint density at radius 2 is 2.13 bits per heavy atom. The van der Waals surface area contributed by atoms with Gasteiger partial charge in [0.15, 0.2) is 5.78 Å². The van der Waals surface area contributed by atoms with E-state index in [0.29, 0.717) is 5.69 Å². The number of carbonyl (C=O) groups is 1. The number of nitrogens with zero attached hydrogens (tertiary/aromatic N) is 3. The number of hydrogen-bond donors (Lipinski definition) is 0. The van der Waals surface area contributed by atoms with Crippen LogP contribution in [0.2, 0.25) is 0 Å². The third-order valence-corrected chi connectivity index (χ3v) is 2.10. The van der Waals surface area contributed by atoms with E-state index in [9.17, 15) is 4.79 Å². The Kier molecular flexibility index (Phi) is 2.33. The summed E-state index contributed by atoms with van der Waals surface area (Å²) in [5, 5.41) is 4.25. The molecule has 4 heteroatoms. The Morgan fingerprint density at radius 3 is 2.60 bits per heavy atom. The Balaban J connectivity index is 2.35. The van der Waals surface area contributed by atoms with E-state index in [2.05, 4.69) is 10.1 Å². The van der Waals surface area contributed by atoms with E-state index >= 15 is 0 Å². The second-order valence-corrected chi connectivity index (χ2v) is 3.36. The summed E-state index contributed by atoms with van der Waals surface area (Å²) in [6.45, 7) is 3.42. The van der Waals surface area contributed by atoms with Crippen molar-refractivity contribution in [2.75, 3.05) is 0 Å². The van der Waals surface area contributed by atoms with Crippen LogP contribution in [0.4, 0.5) is 0 Å². The van der Waals surface area contributed by atoms with E-state index in [1.807, 2.05) is 25.3 Å². The Bertz CT molecular complexity index is 485. The van der Waals surface area contributed by atoms with Crippen molar-refractivity contribution in [2.45, 2.75) is 13.8 Å². The van der Waals surface area contributed by atoms with E-state index in [4.69, 9.17) is 0 Å². The lowest BCUT2D eigenvalue weighted by Gasteiger charge is -2.00. The Morgan fingerprint density at radius 1 is 1.33 bits per heavy atom. The molecule has 0 amide bonds. The van der Waals surface area contributed by atoms with Crippen molar-refractivity contribution >= 4 is 5.78 Å². The number of hydrogen-bond acceptors (Lipinski definition) is 3. The molecule has 0 saturated carbocycles. The van der Waals surface area contributed by atoms with Crippen LogP contribution in [0, 0.1) is 6.92 Å². The van der Waals surface area contributed by atoms with Gasteiger partial charge in [-0.1, -0.05) is 0 Å². The predicted molar refractivity (Wildman–Crippen MR) is 56.1 cm³/mol. The van der Waals surface area contributed by atoms with Gasteiger partial charge in [-0.3, -0.25) is 9.78 Å². The van der Waals surface area contributed by atoms with Crippen LogP contribution in [0.1, 0.15) is 23.1 Å². The van der Waals surface area contributed by atoms with E-state index in [1.54, 1.807) is 16.9 Å². The van der Waals surface area contributed by atoms with E-state index < -0.39 is 0 Å². The first-order chi connectivity index (χ1) is 7.16. The number of rotatable bonds is 2. The van der Waals surface area contributed by atoms with Crippen LogP contribution in [0.3, 0.4) is 0 Å². The number of carbonyl (C=O) groups excluding carboxylic acids is 1. The SMILES string of the molecule is CC(=O)c1ccc(-n2ccc(C)n2)cn1. The van der Waals surface area contributed by atoms with E-state index in [1.165, 1.54) is 6.92 Å². The molecule has 0 unspecified atom stereocenters. The average Bonchev–Trinajstić information content (AvgIpc) is 2.65. The highest BCUT2D eigenvalue weighted by atomic mass is 16.1. The minimum atomic E-state index is -0.0294. The van der Waals surface area contributed by atoms with Crippen molar-refractivity contribution in [1.29, 1.82) is 0 Å². The summed E-state index contributed by atoms with van der Waals surface area (Å²) in [5.74, 6) is -0.0294. The lowest BCUT2D eigenvalue weighted by Crippen LogP contribution is -2.00. The maximum absolute atomic E-state index is 11.0. The molecule has 0 aromatic carbocycles. The summed E-state index contributed by atoms with van der Waals surface area (Å²) in [7, 11) is 0. The minimum Gasteiger partial charge on any atom is -0.293 e. The molecule has 2 aromatic heterocycles. The van der Waals surface area contributed by atoms with Crippen molar-refractivity contribution in [3.05, 3.63) is 42.0 Å². The Labute approximate surface area is 87.6 Å². The fraction of sp³-hybridized carbons (Fsp3) is 0.182. The number of pyridine rings is 1. The van der Waals surface area contributed by atoms with Crippen LogP contribution in [-0.2, 0) is 0 Å². The minimum absolute atomic E-state index is 0.0294. The van der Waals surface area contributed by atoms with Gasteiger partial charge in [0.05, 0.1) is 17.6 Å². The third kappa shape index (κ3) is 1.93. The van der Waals surface area contributed by atoms with Crippen molar-refractivity contribution in [3.8, 4) is 5.69 Å². The summed E-state index contributed by atoms with van der Waals surface area (Å²) in [6.07, 6.45) is 3.50. The topological polar surface area (TPSA) is 47.8 Å². The Hall–Kier alpha value is -1.97. The molecule has 0 N–H and O–H groups in total. The summed E-state index contributed by atoms with van der Waals surface area (Å²) in [6, 6.07) is 5.45. The molecule has 0 aliphatic carbocycles. The van der Waals surface area contributed by atoms with Gasteiger partial charge in [-0.2, -0.15) is 5.10 Å². The van der Waals surface area contributed by atoms with Gasteiger partial charge in [-0.15, -0.1) is 0 Å². The summed E-state index contributed by atoms with van der Waals surface area (Å²) in [5.41, 5.74) is 2.28. The molecule has 0 spiro atoms. The fourth-order valence-corrected chi connectivity index (χ4v) is 1.29. The molecule has 15 heavy (non-hydrogen) atoms. The zero-order chi connectivity index (χ0) is 10.8. The maximum atomic E-state index is 11.0. The molecule has 0 aliphatic heterocycles. The molecule has 0 radical (unpaired) electrons. The fourth-order valence-electron chi connectivity index (χ4n) is 1.29. The molecule has 0 bridgehead atoms. The predicted octanol–water partition coefficient (Wildman–Crippen LogP) is 1.78. The van der Waals surface area contributed by atoms with Gasteiger partial charge < -0.3 is 0 Å². The van der Waals surface area contributed by atoms with Gasteiger partial charge in [0.25, 0.3) is 0 Å². The zero-order valence-corrected chi connectivity index (χ0v) is 8.64. The maximum Gasteiger partial charge on any atom is 0.178 e. The normalized spacial score (nSPS) is 10.3. The van der Waals surface area contributed by atoms with Crippen molar-refractivity contribution in [3.63, 3.8) is 0 Å². The largest absolute Gasteiger partial charge is 0.293 e. The number of aryl methyl sites for hydroxylation is 1. The first kappa shape index (κ1) is 9.58. The van der Waals surface area contributed by atoms with E-state index in [-0.39, 0.29) is 5.78 Å². The molecule has 2 rings (SSSR count). The number of aromatic nitrogens is 3. The number of ketones is 1. The molecule has 0 aliphatic rings. The van der Waals surface area contributed by atoms with Crippen LogP contribution in [0.25, 0.3) is 5.69 Å². The summed E-state index contributed by atoms with van der Waals surface area (Å²) in [4.78, 5) is 15.1. The molecule has 0 fully saturated rings.